The quantitative estimate of drug-likeness (QED) is 0.0784. The first-order valence-electron chi connectivity index (χ1n) is 12.7. The monoisotopic (exact) mass is 747 g/mol. The van der Waals surface area contributed by atoms with Crippen LogP contribution in [0.4, 0.5) is 5.95 Å². The van der Waals surface area contributed by atoms with Crippen molar-refractivity contribution < 1.29 is 65.4 Å². The topological polar surface area (TPSA) is 294 Å². The number of aromatic amines is 1. The van der Waals surface area contributed by atoms with E-state index in [0.717, 1.165) is 0 Å². The van der Waals surface area contributed by atoms with Crippen molar-refractivity contribution in [3.8, 4) is 5.75 Å². The minimum atomic E-state index is -5.80. The summed E-state index contributed by atoms with van der Waals surface area (Å²) in [5, 5.41) is -0.187. The van der Waals surface area contributed by atoms with E-state index in [9.17, 15) is 33.1 Å². The molecule has 7 N–H and O–H groups in total. The number of phosphoric ester groups is 1. The molecule has 0 spiro atoms. The van der Waals surface area contributed by atoms with Crippen LogP contribution in [0.3, 0.4) is 0 Å². The predicted octanol–water partition coefficient (Wildman–Crippen LogP) is 2.64. The Morgan fingerprint density at radius 1 is 1.22 bits per heavy atom. The molecule has 1 saturated heterocycles. The van der Waals surface area contributed by atoms with Crippen molar-refractivity contribution in [3.63, 3.8) is 0 Å². The molecule has 1 fully saturated rings. The molecule has 4 unspecified atom stereocenters. The molecule has 1 aliphatic rings. The molecule has 6 atom stereocenters. The summed E-state index contributed by atoms with van der Waals surface area (Å²) in [6.45, 7) is 0.951. The third-order valence-electron chi connectivity index (χ3n) is 6.17. The lowest BCUT2D eigenvalue weighted by Gasteiger charge is -2.22. The Bertz CT molecular complexity index is 1800. The number of H-pyrrole nitrogens is 1. The number of hydrogen-bond acceptors (Lipinski definition) is 16. The Kier molecular flexibility index (Phi) is 11.5. The number of nitrogens with one attached hydrogen (secondary N) is 1. The molecule has 0 radical (unpaired) electrons. The van der Waals surface area contributed by atoms with Crippen LogP contribution in [0.5, 0.6) is 5.75 Å². The summed E-state index contributed by atoms with van der Waals surface area (Å²) in [6.07, 6.45) is -0.712. The van der Waals surface area contributed by atoms with Gasteiger partial charge in [0.2, 0.25) is 5.95 Å². The number of ether oxygens (including phenoxy) is 3. The smallest absolute Gasteiger partial charge is 0.490 e. The van der Waals surface area contributed by atoms with Crippen LogP contribution >= 0.6 is 45.1 Å². The van der Waals surface area contributed by atoms with Crippen molar-refractivity contribution in [2.45, 2.75) is 37.0 Å². The number of hydrogen-bond donors (Lipinski definition) is 6. The van der Waals surface area contributed by atoms with Gasteiger partial charge in [-0.25, -0.2) is 23.5 Å². The number of imidazole rings is 1. The third kappa shape index (κ3) is 9.19. The molecule has 1 aromatic carbocycles. The van der Waals surface area contributed by atoms with E-state index < -0.39 is 60.0 Å². The van der Waals surface area contributed by atoms with Crippen LogP contribution in [0.25, 0.3) is 11.2 Å². The highest BCUT2D eigenvalue weighted by Crippen LogP contribution is 2.66. The zero-order valence-electron chi connectivity index (χ0n) is 23.9. The van der Waals surface area contributed by atoms with Crippen molar-refractivity contribution >= 4 is 68.1 Å². The molecule has 0 amide bonds. The highest BCUT2D eigenvalue weighted by Gasteiger charge is 2.44. The molecule has 25 heteroatoms. The second-order valence-corrected chi connectivity index (χ2v) is 16.6. The average molecular weight is 748 g/mol. The Morgan fingerprint density at radius 2 is 1.93 bits per heavy atom. The van der Waals surface area contributed by atoms with Gasteiger partial charge in [0.1, 0.15) is 24.2 Å². The Morgan fingerprint density at radius 3 is 2.59 bits per heavy atom. The number of aromatic nitrogens is 4. The average Bonchev–Trinajstić information content (AvgIpc) is 3.53. The fourth-order valence-electron chi connectivity index (χ4n) is 4.36. The standard InChI is InChI=1S/C21H28N5O15P3S2/c1-10(46-45-3)13-6-11(36-2)4-5-12(13)20(28)39-14-7-16(26-9-23-17-18(26)24-21(22)25-19(17)27)38-15(14)8-37-43(32,33)41-44(34,35)40-42(29,30)31/h4-6,9-10,14-16H,7-8H2,1-3H3,(H,32,33)(H,34,35)(H2,29,30,31)(H3,22,24,25,27)/t10?,14-,15?,16-/m1/s1. The number of nitrogen functional groups attached to an aromatic ring is 1. The normalized spacial score (nSPS) is 21.8. The van der Waals surface area contributed by atoms with Crippen molar-refractivity contribution in [1.29, 1.82) is 0 Å². The highest BCUT2D eigenvalue weighted by molar-refractivity contribution is 8.76. The lowest BCUT2D eigenvalue weighted by atomic mass is 10.0. The van der Waals surface area contributed by atoms with Crippen molar-refractivity contribution in [2.75, 3.05) is 25.7 Å². The minimum Gasteiger partial charge on any atom is -0.497 e. The maximum atomic E-state index is 13.5. The number of carbonyl (C=O) groups excluding carboxylic acids is 1. The summed E-state index contributed by atoms with van der Waals surface area (Å²) in [4.78, 5) is 73.2. The predicted molar refractivity (Wildman–Crippen MR) is 163 cm³/mol. The summed E-state index contributed by atoms with van der Waals surface area (Å²) >= 11 is 0. The Labute approximate surface area is 267 Å². The molecule has 3 aromatic rings. The molecular formula is C21H28N5O15P3S2. The summed E-state index contributed by atoms with van der Waals surface area (Å²) in [7, 11) is -12.5. The molecule has 4 rings (SSSR count). The molecule has 3 heterocycles. The van der Waals surface area contributed by atoms with Crippen LogP contribution in [0.15, 0.2) is 29.3 Å². The fourth-order valence-corrected chi connectivity index (χ4v) is 9.15. The van der Waals surface area contributed by atoms with Gasteiger partial charge < -0.3 is 39.5 Å². The van der Waals surface area contributed by atoms with E-state index in [1.165, 1.54) is 45.7 Å². The molecule has 254 valence electrons. The molecule has 0 bridgehead atoms. The third-order valence-corrected chi connectivity index (χ3v) is 12.2. The van der Waals surface area contributed by atoms with E-state index >= 15 is 0 Å². The Balaban J connectivity index is 1.62. The highest BCUT2D eigenvalue weighted by atomic mass is 33.1. The van der Waals surface area contributed by atoms with Gasteiger partial charge in [0.25, 0.3) is 5.56 Å². The molecule has 2 aromatic heterocycles. The zero-order valence-corrected chi connectivity index (χ0v) is 28.2. The van der Waals surface area contributed by atoms with Crippen LogP contribution < -0.4 is 16.0 Å². The molecule has 1 aliphatic heterocycles. The maximum Gasteiger partial charge on any atom is 0.490 e. The van der Waals surface area contributed by atoms with E-state index in [2.05, 4.69) is 23.6 Å². The largest absolute Gasteiger partial charge is 0.497 e. The van der Waals surface area contributed by atoms with Gasteiger partial charge in [-0.15, -0.1) is 0 Å². The number of methoxy groups -OCH3 is 1. The molecule has 46 heavy (non-hydrogen) atoms. The van der Waals surface area contributed by atoms with Gasteiger partial charge in [-0.3, -0.25) is 18.9 Å². The first kappa shape index (κ1) is 36.5. The number of carbonyl (C=O) groups is 1. The second-order valence-electron chi connectivity index (χ2n) is 9.33. The lowest BCUT2D eigenvalue weighted by molar-refractivity contribution is -0.0490. The summed E-state index contributed by atoms with van der Waals surface area (Å²) < 4.78 is 65.7. The molecule has 0 saturated carbocycles. The first-order valence-corrected chi connectivity index (χ1v) is 19.8. The SMILES string of the molecule is COc1ccc(C(=O)O[C@@H]2C[C@H](n3cnc4c(=O)[nH]c(N)nc43)OC2COP(=O)(O)OP(=O)(O)OP(=O)(O)O)c(C(C)SSC)c1. The number of anilines is 1. The van der Waals surface area contributed by atoms with E-state index in [1.807, 2.05) is 13.2 Å². The zero-order chi connectivity index (χ0) is 34.0. The number of nitrogens with zero attached hydrogens (tertiary/aromatic N) is 3. The van der Waals surface area contributed by atoms with E-state index in [4.69, 9.17) is 34.3 Å². The summed E-state index contributed by atoms with van der Waals surface area (Å²) in [6, 6.07) is 4.74. The van der Waals surface area contributed by atoms with Gasteiger partial charge in [0, 0.05) is 11.7 Å². The number of esters is 1. The molecular weight excluding hydrogens is 719 g/mol. The van der Waals surface area contributed by atoms with Crippen molar-refractivity contribution in [1.82, 2.24) is 19.5 Å². The number of phosphoric acid groups is 3. The van der Waals surface area contributed by atoms with Crippen molar-refractivity contribution in [2.24, 2.45) is 0 Å². The number of rotatable bonds is 14. The van der Waals surface area contributed by atoms with Gasteiger partial charge in [-0.1, -0.05) is 21.6 Å². The molecule has 20 nitrogen and oxygen atoms in total. The van der Waals surface area contributed by atoms with E-state index in [0.29, 0.717) is 11.3 Å². The van der Waals surface area contributed by atoms with Crippen LogP contribution in [0, 0.1) is 0 Å². The van der Waals surface area contributed by atoms with Gasteiger partial charge in [0.05, 0.1) is 25.6 Å². The first-order chi connectivity index (χ1) is 21.4. The van der Waals surface area contributed by atoms with Crippen LogP contribution in [0.1, 0.15) is 40.7 Å². The van der Waals surface area contributed by atoms with Crippen LogP contribution in [0.2, 0.25) is 0 Å². The van der Waals surface area contributed by atoms with Crippen LogP contribution in [-0.2, 0) is 36.3 Å². The van der Waals surface area contributed by atoms with Gasteiger partial charge >= 0.3 is 29.4 Å². The summed E-state index contributed by atoms with van der Waals surface area (Å²) in [5.41, 5.74) is 5.71. The minimum absolute atomic E-state index is 0.00483. The summed E-state index contributed by atoms with van der Waals surface area (Å²) in [5.74, 6) is -0.543. The van der Waals surface area contributed by atoms with E-state index in [1.54, 1.807) is 12.1 Å². The second kappa shape index (κ2) is 14.4. The maximum absolute atomic E-state index is 13.5. The lowest BCUT2D eigenvalue weighted by Crippen LogP contribution is -2.31. The number of nitrogens with two attached hydrogens (primary N) is 1. The number of benzene rings is 1. The number of fused-ring (bicyclic) bond motifs is 1. The van der Waals surface area contributed by atoms with Gasteiger partial charge in [-0.05, 0) is 36.9 Å². The van der Waals surface area contributed by atoms with Gasteiger partial charge in [-0.2, -0.15) is 13.6 Å². The van der Waals surface area contributed by atoms with Crippen LogP contribution in [-0.4, -0.2) is 77.2 Å². The van der Waals surface area contributed by atoms with Crippen molar-refractivity contribution in [3.05, 3.63) is 46.0 Å². The Hall–Kier alpha value is -2.29. The van der Waals surface area contributed by atoms with Gasteiger partial charge in [0.15, 0.2) is 11.2 Å². The van der Waals surface area contributed by atoms with E-state index in [-0.39, 0.29) is 34.3 Å². The fraction of sp³-hybridized carbons (Fsp3) is 0.429. The molecule has 0 aliphatic carbocycles.